The van der Waals surface area contributed by atoms with Crippen molar-refractivity contribution < 1.29 is 14.3 Å². The number of amides is 1. The van der Waals surface area contributed by atoms with Crippen LogP contribution in [0.3, 0.4) is 0 Å². The molecule has 1 saturated heterocycles. The number of rotatable bonds is 3. The van der Waals surface area contributed by atoms with E-state index in [-0.39, 0.29) is 11.9 Å². The lowest BCUT2D eigenvalue weighted by Gasteiger charge is -2.27. The average molecular weight is 338 g/mol. The van der Waals surface area contributed by atoms with E-state index in [1.807, 2.05) is 36.1 Å². The van der Waals surface area contributed by atoms with Gasteiger partial charge in [0.05, 0.1) is 12.5 Å². The standard InChI is InChI=1S/C20H22N2O3/c1-14-4-5-15(13-21-14)11-20(23)22-8-2-3-17(22)16-6-7-18-19(12-16)25-10-9-24-18/h4-7,12-13,17H,2-3,8-11H2,1H3/t17-/m1/s1. The number of pyridine rings is 1. The third kappa shape index (κ3) is 3.31. The second-order valence-electron chi connectivity index (χ2n) is 6.63. The number of benzene rings is 1. The molecule has 1 aromatic heterocycles. The van der Waals surface area contributed by atoms with Crippen LogP contribution in [0.5, 0.6) is 11.5 Å². The van der Waals surface area contributed by atoms with Crippen molar-refractivity contribution in [3.05, 3.63) is 53.3 Å². The molecular formula is C20H22N2O3. The van der Waals surface area contributed by atoms with E-state index in [2.05, 4.69) is 11.1 Å². The molecule has 1 aromatic carbocycles. The molecular weight excluding hydrogens is 316 g/mol. The Morgan fingerprint density at radius 2 is 2.04 bits per heavy atom. The molecule has 5 heteroatoms. The summed E-state index contributed by atoms with van der Waals surface area (Å²) < 4.78 is 11.3. The van der Waals surface area contributed by atoms with Gasteiger partial charge in [-0.1, -0.05) is 12.1 Å². The maximum Gasteiger partial charge on any atom is 0.227 e. The van der Waals surface area contributed by atoms with Crippen LogP contribution in [0.25, 0.3) is 0 Å². The van der Waals surface area contributed by atoms with E-state index in [9.17, 15) is 4.79 Å². The third-order valence-corrected chi connectivity index (χ3v) is 4.85. The summed E-state index contributed by atoms with van der Waals surface area (Å²) in [4.78, 5) is 19.1. The molecule has 0 aliphatic carbocycles. The largest absolute Gasteiger partial charge is 0.486 e. The molecule has 0 unspecified atom stereocenters. The fourth-order valence-corrected chi connectivity index (χ4v) is 3.56. The van der Waals surface area contributed by atoms with Crippen LogP contribution in [0.2, 0.25) is 0 Å². The van der Waals surface area contributed by atoms with Gasteiger partial charge in [-0.2, -0.15) is 0 Å². The Morgan fingerprint density at radius 1 is 1.20 bits per heavy atom. The number of hydrogen-bond acceptors (Lipinski definition) is 4. The first-order valence-electron chi connectivity index (χ1n) is 8.81. The molecule has 4 rings (SSSR count). The van der Waals surface area contributed by atoms with Crippen molar-refractivity contribution >= 4 is 5.91 Å². The molecule has 2 aliphatic heterocycles. The molecule has 2 aromatic rings. The van der Waals surface area contributed by atoms with E-state index < -0.39 is 0 Å². The molecule has 25 heavy (non-hydrogen) atoms. The molecule has 1 amide bonds. The zero-order chi connectivity index (χ0) is 17.2. The predicted octanol–water partition coefficient (Wildman–Crippen LogP) is 3.07. The first-order chi connectivity index (χ1) is 12.2. The summed E-state index contributed by atoms with van der Waals surface area (Å²) in [7, 11) is 0. The highest BCUT2D eigenvalue weighted by Crippen LogP contribution is 2.38. The van der Waals surface area contributed by atoms with E-state index in [0.717, 1.165) is 47.7 Å². The zero-order valence-corrected chi connectivity index (χ0v) is 14.4. The first kappa shape index (κ1) is 15.9. The Bertz CT molecular complexity index is 773. The Kier molecular flexibility index (Phi) is 4.30. The summed E-state index contributed by atoms with van der Waals surface area (Å²) in [6, 6.07) is 10.1. The number of hydrogen-bond donors (Lipinski definition) is 0. The van der Waals surface area contributed by atoms with Crippen molar-refractivity contribution in [3.8, 4) is 11.5 Å². The van der Waals surface area contributed by atoms with Gasteiger partial charge in [-0.25, -0.2) is 0 Å². The van der Waals surface area contributed by atoms with Crippen molar-refractivity contribution in [3.63, 3.8) is 0 Å². The Labute approximate surface area is 147 Å². The first-order valence-corrected chi connectivity index (χ1v) is 8.81. The number of nitrogens with zero attached hydrogens (tertiary/aromatic N) is 2. The highest BCUT2D eigenvalue weighted by Gasteiger charge is 2.30. The lowest BCUT2D eigenvalue weighted by molar-refractivity contribution is -0.131. The minimum Gasteiger partial charge on any atom is -0.486 e. The van der Waals surface area contributed by atoms with E-state index in [4.69, 9.17) is 9.47 Å². The molecule has 2 aliphatic rings. The second-order valence-corrected chi connectivity index (χ2v) is 6.63. The van der Waals surface area contributed by atoms with Crippen LogP contribution in [0.15, 0.2) is 36.5 Å². The van der Waals surface area contributed by atoms with Gasteiger partial charge in [-0.05, 0) is 49.1 Å². The summed E-state index contributed by atoms with van der Waals surface area (Å²) in [5.74, 6) is 1.73. The number of carbonyl (C=O) groups is 1. The summed E-state index contributed by atoms with van der Waals surface area (Å²) >= 11 is 0. The van der Waals surface area contributed by atoms with Crippen molar-refractivity contribution in [2.45, 2.75) is 32.2 Å². The smallest absolute Gasteiger partial charge is 0.227 e. The number of ether oxygens (including phenoxy) is 2. The SMILES string of the molecule is Cc1ccc(CC(=O)N2CCC[C@@H]2c2ccc3c(c2)OCCO3)cn1. The predicted molar refractivity (Wildman–Crippen MR) is 93.8 cm³/mol. The molecule has 0 saturated carbocycles. The molecule has 1 atom stereocenters. The average Bonchev–Trinajstić information content (AvgIpc) is 3.13. The summed E-state index contributed by atoms with van der Waals surface area (Å²) in [6.45, 7) is 3.91. The van der Waals surface area contributed by atoms with Crippen LogP contribution >= 0.6 is 0 Å². The van der Waals surface area contributed by atoms with E-state index in [1.165, 1.54) is 0 Å². The van der Waals surface area contributed by atoms with Crippen LogP contribution in [0, 0.1) is 6.92 Å². The van der Waals surface area contributed by atoms with Gasteiger partial charge in [0.25, 0.3) is 0 Å². The number of carbonyl (C=O) groups excluding carboxylic acids is 1. The quantitative estimate of drug-likeness (QED) is 0.863. The van der Waals surface area contributed by atoms with Crippen LogP contribution in [0.1, 0.15) is 35.7 Å². The normalized spacial score (nSPS) is 19.1. The van der Waals surface area contributed by atoms with Gasteiger partial charge >= 0.3 is 0 Å². The minimum absolute atomic E-state index is 0.113. The van der Waals surface area contributed by atoms with Crippen LogP contribution < -0.4 is 9.47 Å². The molecule has 0 radical (unpaired) electrons. The third-order valence-electron chi connectivity index (χ3n) is 4.85. The second kappa shape index (κ2) is 6.75. The van der Waals surface area contributed by atoms with Crippen LogP contribution in [-0.4, -0.2) is 35.5 Å². The van der Waals surface area contributed by atoms with Crippen LogP contribution in [0.4, 0.5) is 0 Å². The highest BCUT2D eigenvalue weighted by molar-refractivity contribution is 5.79. The van der Waals surface area contributed by atoms with Gasteiger partial charge in [0.15, 0.2) is 11.5 Å². The fraction of sp³-hybridized carbons (Fsp3) is 0.400. The van der Waals surface area contributed by atoms with Gasteiger partial charge in [0.1, 0.15) is 13.2 Å². The number of aryl methyl sites for hydroxylation is 1. The maximum absolute atomic E-state index is 12.8. The van der Waals surface area contributed by atoms with Crippen molar-refractivity contribution in [2.75, 3.05) is 19.8 Å². The lowest BCUT2D eigenvalue weighted by Crippen LogP contribution is -2.32. The monoisotopic (exact) mass is 338 g/mol. The topological polar surface area (TPSA) is 51.7 Å². The van der Waals surface area contributed by atoms with Crippen LogP contribution in [-0.2, 0) is 11.2 Å². The van der Waals surface area contributed by atoms with Crippen molar-refractivity contribution in [2.24, 2.45) is 0 Å². The Hall–Kier alpha value is -2.56. The molecule has 3 heterocycles. The van der Waals surface area contributed by atoms with E-state index in [0.29, 0.717) is 19.6 Å². The van der Waals surface area contributed by atoms with Crippen molar-refractivity contribution in [1.29, 1.82) is 0 Å². The fourth-order valence-electron chi connectivity index (χ4n) is 3.56. The minimum atomic E-state index is 0.113. The van der Waals surface area contributed by atoms with E-state index in [1.54, 1.807) is 6.20 Å². The molecule has 0 spiro atoms. The molecule has 0 N–H and O–H groups in total. The molecule has 130 valence electrons. The molecule has 0 bridgehead atoms. The maximum atomic E-state index is 12.8. The number of likely N-dealkylation sites (tertiary alicyclic amines) is 1. The number of fused-ring (bicyclic) bond motifs is 1. The molecule has 5 nitrogen and oxygen atoms in total. The highest BCUT2D eigenvalue weighted by atomic mass is 16.6. The summed E-state index contributed by atoms with van der Waals surface area (Å²) in [5.41, 5.74) is 3.05. The summed E-state index contributed by atoms with van der Waals surface area (Å²) in [6.07, 6.45) is 4.20. The zero-order valence-electron chi connectivity index (χ0n) is 14.4. The van der Waals surface area contributed by atoms with Gasteiger partial charge in [0, 0.05) is 18.4 Å². The lowest BCUT2D eigenvalue weighted by atomic mass is 10.0. The van der Waals surface area contributed by atoms with Crippen molar-refractivity contribution in [1.82, 2.24) is 9.88 Å². The van der Waals surface area contributed by atoms with Gasteiger partial charge in [0.2, 0.25) is 5.91 Å². The van der Waals surface area contributed by atoms with E-state index >= 15 is 0 Å². The van der Waals surface area contributed by atoms with Gasteiger partial charge in [-0.3, -0.25) is 9.78 Å². The molecule has 1 fully saturated rings. The van der Waals surface area contributed by atoms with Gasteiger partial charge < -0.3 is 14.4 Å². The Balaban J connectivity index is 1.51. The Morgan fingerprint density at radius 3 is 2.84 bits per heavy atom. The number of aromatic nitrogens is 1. The summed E-state index contributed by atoms with van der Waals surface area (Å²) in [5, 5.41) is 0. The van der Waals surface area contributed by atoms with Gasteiger partial charge in [-0.15, -0.1) is 0 Å².